The van der Waals surface area contributed by atoms with Gasteiger partial charge in [0.15, 0.2) is 0 Å². The van der Waals surface area contributed by atoms with Crippen molar-refractivity contribution in [2.45, 2.75) is 25.4 Å². The Morgan fingerprint density at radius 3 is 3.23 bits per heavy atom. The summed E-state index contributed by atoms with van der Waals surface area (Å²) in [4.78, 5) is 6.65. The largest absolute Gasteiger partial charge is 0.400 e. The van der Waals surface area contributed by atoms with Gasteiger partial charge in [-0.15, -0.1) is 0 Å². The number of hydrogen-bond acceptors (Lipinski definition) is 3. The molecule has 0 radical (unpaired) electrons. The molecule has 1 heterocycles. The van der Waals surface area contributed by atoms with Gasteiger partial charge in [0.25, 0.3) is 0 Å². The molecule has 0 saturated carbocycles. The maximum absolute atomic E-state index is 5.85. The van der Waals surface area contributed by atoms with E-state index >= 15 is 0 Å². The minimum Gasteiger partial charge on any atom is -0.400 e. The summed E-state index contributed by atoms with van der Waals surface area (Å²) < 4.78 is 0. The molecule has 0 aromatic carbocycles. The van der Waals surface area contributed by atoms with Gasteiger partial charge >= 0.3 is 0 Å². The molecule has 2 aliphatic rings. The molecule has 1 aliphatic heterocycles. The Labute approximate surface area is 78.6 Å². The fourth-order valence-electron chi connectivity index (χ4n) is 1.85. The van der Waals surface area contributed by atoms with Crippen molar-refractivity contribution in [2.75, 3.05) is 6.54 Å². The van der Waals surface area contributed by atoms with Crippen molar-refractivity contribution in [3.8, 4) is 0 Å². The van der Waals surface area contributed by atoms with Gasteiger partial charge in [-0.3, -0.25) is 4.99 Å². The molecular weight excluding hydrogens is 162 g/mol. The summed E-state index contributed by atoms with van der Waals surface area (Å²) in [6, 6.07) is 0.529. The quantitative estimate of drug-likeness (QED) is 0.680. The second kappa shape index (κ2) is 3.24. The molecule has 0 bridgehead atoms. The van der Waals surface area contributed by atoms with Gasteiger partial charge in [-0.2, -0.15) is 0 Å². The van der Waals surface area contributed by atoms with Crippen LogP contribution in [0.1, 0.15) is 13.3 Å². The van der Waals surface area contributed by atoms with Crippen LogP contribution in [0.4, 0.5) is 0 Å². The molecule has 70 valence electrons. The van der Waals surface area contributed by atoms with E-state index in [-0.39, 0.29) is 6.04 Å². The zero-order chi connectivity index (χ0) is 9.26. The first kappa shape index (κ1) is 8.35. The maximum atomic E-state index is 5.85. The number of rotatable bonds is 2. The van der Waals surface area contributed by atoms with Gasteiger partial charge in [0.2, 0.25) is 0 Å². The van der Waals surface area contributed by atoms with Crippen molar-refractivity contribution >= 4 is 6.34 Å². The SMILES string of the molecule is CCCN1C=NC2C(N)=CC=CC21. The third-order valence-corrected chi connectivity index (χ3v) is 2.50. The predicted octanol–water partition coefficient (Wildman–Crippen LogP) is 0.890. The minimum atomic E-state index is 0.163. The summed E-state index contributed by atoms with van der Waals surface area (Å²) in [6.45, 7) is 3.23. The Hall–Kier alpha value is -1.25. The molecule has 0 fully saturated rings. The lowest BCUT2D eigenvalue weighted by Gasteiger charge is -2.26. The number of fused-ring (bicyclic) bond motifs is 1. The molecule has 3 heteroatoms. The van der Waals surface area contributed by atoms with Crippen LogP contribution in [-0.4, -0.2) is 29.9 Å². The van der Waals surface area contributed by atoms with Crippen LogP contribution in [0.3, 0.4) is 0 Å². The standard InChI is InChI=1S/C10H15N3/c1-2-6-13-7-12-10-8(11)4-3-5-9(10)13/h3-5,7,9-10H,2,6,11H2,1H3. The smallest absolute Gasteiger partial charge is 0.115 e. The first-order valence-electron chi connectivity index (χ1n) is 4.76. The van der Waals surface area contributed by atoms with Crippen molar-refractivity contribution in [3.05, 3.63) is 23.9 Å². The van der Waals surface area contributed by atoms with E-state index < -0.39 is 0 Å². The van der Waals surface area contributed by atoms with Crippen molar-refractivity contribution in [3.63, 3.8) is 0 Å². The second-order valence-electron chi connectivity index (χ2n) is 3.49. The average Bonchev–Trinajstić information content (AvgIpc) is 2.51. The van der Waals surface area contributed by atoms with Crippen molar-refractivity contribution in [2.24, 2.45) is 10.7 Å². The van der Waals surface area contributed by atoms with E-state index in [4.69, 9.17) is 5.73 Å². The monoisotopic (exact) mass is 177 g/mol. The van der Waals surface area contributed by atoms with Crippen LogP contribution in [0.5, 0.6) is 0 Å². The Balaban J connectivity index is 2.13. The normalized spacial score (nSPS) is 30.5. The zero-order valence-corrected chi connectivity index (χ0v) is 7.85. The van der Waals surface area contributed by atoms with Crippen LogP contribution in [0, 0.1) is 0 Å². The summed E-state index contributed by atoms with van der Waals surface area (Å²) in [7, 11) is 0. The number of aliphatic imine (C=N–C) groups is 1. The fourth-order valence-corrected chi connectivity index (χ4v) is 1.85. The number of nitrogens with zero attached hydrogens (tertiary/aromatic N) is 2. The highest BCUT2D eigenvalue weighted by Crippen LogP contribution is 2.22. The van der Waals surface area contributed by atoms with E-state index in [2.05, 4.69) is 22.9 Å². The van der Waals surface area contributed by atoms with E-state index in [9.17, 15) is 0 Å². The van der Waals surface area contributed by atoms with Crippen LogP contribution in [-0.2, 0) is 0 Å². The number of nitrogens with two attached hydrogens (primary N) is 1. The minimum absolute atomic E-state index is 0.163. The molecule has 0 amide bonds. The second-order valence-corrected chi connectivity index (χ2v) is 3.49. The van der Waals surface area contributed by atoms with Gasteiger partial charge in [-0.25, -0.2) is 0 Å². The van der Waals surface area contributed by atoms with E-state index in [0.717, 1.165) is 18.7 Å². The highest BCUT2D eigenvalue weighted by atomic mass is 15.3. The summed E-state index contributed by atoms with van der Waals surface area (Å²) >= 11 is 0. The first-order valence-corrected chi connectivity index (χ1v) is 4.76. The van der Waals surface area contributed by atoms with Crippen molar-refractivity contribution < 1.29 is 0 Å². The molecule has 2 N–H and O–H groups in total. The molecule has 0 saturated heterocycles. The first-order chi connectivity index (χ1) is 6.33. The fraction of sp³-hybridized carbons (Fsp3) is 0.500. The molecular formula is C10H15N3. The molecule has 3 nitrogen and oxygen atoms in total. The lowest BCUT2D eigenvalue weighted by atomic mass is 10.0. The molecule has 2 unspecified atom stereocenters. The molecule has 0 spiro atoms. The molecule has 0 aromatic heterocycles. The van der Waals surface area contributed by atoms with Crippen LogP contribution in [0.25, 0.3) is 0 Å². The Morgan fingerprint density at radius 2 is 2.46 bits per heavy atom. The highest BCUT2D eigenvalue weighted by Gasteiger charge is 2.30. The summed E-state index contributed by atoms with van der Waals surface area (Å²) in [6.07, 6.45) is 9.20. The highest BCUT2D eigenvalue weighted by molar-refractivity contribution is 5.61. The van der Waals surface area contributed by atoms with E-state index in [1.165, 1.54) is 0 Å². The predicted molar refractivity (Wildman–Crippen MR) is 54.5 cm³/mol. The van der Waals surface area contributed by atoms with Gasteiger partial charge in [0.1, 0.15) is 6.04 Å². The molecule has 1 aliphatic carbocycles. The summed E-state index contributed by atoms with van der Waals surface area (Å²) in [5.41, 5.74) is 6.72. The Bertz CT molecular complexity index is 278. The Morgan fingerprint density at radius 1 is 1.62 bits per heavy atom. The summed E-state index contributed by atoms with van der Waals surface area (Å²) in [5, 5.41) is 0. The lowest BCUT2D eigenvalue weighted by Crippen LogP contribution is -2.38. The maximum Gasteiger partial charge on any atom is 0.115 e. The summed E-state index contributed by atoms with van der Waals surface area (Å²) in [5.74, 6) is 0. The van der Waals surface area contributed by atoms with Gasteiger partial charge in [0.05, 0.1) is 12.4 Å². The molecule has 2 rings (SSSR count). The number of hydrogen-bond donors (Lipinski definition) is 1. The average molecular weight is 177 g/mol. The van der Waals surface area contributed by atoms with Gasteiger partial charge in [-0.1, -0.05) is 19.1 Å². The van der Waals surface area contributed by atoms with Crippen molar-refractivity contribution in [1.82, 2.24) is 4.90 Å². The zero-order valence-electron chi connectivity index (χ0n) is 7.85. The van der Waals surface area contributed by atoms with Gasteiger partial charge in [-0.05, 0) is 12.5 Å². The topological polar surface area (TPSA) is 41.6 Å². The van der Waals surface area contributed by atoms with Crippen LogP contribution in [0.15, 0.2) is 28.9 Å². The van der Waals surface area contributed by atoms with Crippen LogP contribution >= 0.6 is 0 Å². The van der Waals surface area contributed by atoms with E-state index in [1.807, 2.05) is 18.5 Å². The Kier molecular flexibility index (Phi) is 2.08. The molecule has 2 atom stereocenters. The van der Waals surface area contributed by atoms with Gasteiger partial charge in [0, 0.05) is 12.2 Å². The van der Waals surface area contributed by atoms with Crippen molar-refractivity contribution in [1.29, 1.82) is 0 Å². The van der Waals surface area contributed by atoms with Gasteiger partial charge < -0.3 is 10.6 Å². The third kappa shape index (κ3) is 1.34. The van der Waals surface area contributed by atoms with E-state index in [0.29, 0.717) is 6.04 Å². The number of allylic oxidation sites excluding steroid dienone is 2. The molecule has 13 heavy (non-hydrogen) atoms. The third-order valence-electron chi connectivity index (χ3n) is 2.50. The van der Waals surface area contributed by atoms with E-state index in [1.54, 1.807) is 0 Å². The molecule has 0 aromatic rings. The van der Waals surface area contributed by atoms with Crippen LogP contribution in [0.2, 0.25) is 0 Å². The van der Waals surface area contributed by atoms with Crippen LogP contribution < -0.4 is 5.73 Å². The lowest BCUT2D eigenvalue weighted by molar-refractivity contribution is 0.370.